The predicted molar refractivity (Wildman–Crippen MR) is 32.0 cm³/mol. The van der Waals surface area contributed by atoms with E-state index >= 15 is 0 Å². The van der Waals surface area contributed by atoms with Crippen LogP contribution in [0.5, 0.6) is 0 Å². The summed E-state index contributed by atoms with van der Waals surface area (Å²) in [4.78, 5) is 0. The molecule has 0 aliphatic heterocycles. The van der Waals surface area contributed by atoms with E-state index in [-0.39, 0.29) is 0 Å². The average Bonchev–Trinajstić information content (AvgIpc) is 1.95. The molecule has 0 fully saturated rings. The molecule has 13 heavy (non-hydrogen) atoms. The van der Waals surface area contributed by atoms with Gasteiger partial charge in [-0.2, -0.15) is 18.4 Å². The summed E-state index contributed by atoms with van der Waals surface area (Å²) in [5.41, 5.74) is 0. The summed E-state index contributed by atoms with van der Waals surface area (Å²) in [5, 5.41) is 7.99. The Bertz CT molecular complexity index is 184. The van der Waals surface area contributed by atoms with Crippen molar-refractivity contribution < 1.29 is 26.7 Å². The third-order valence-corrected chi connectivity index (χ3v) is 1.08. The van der Waals surface area contributed by atoms with Gasteiger partial charge in [-0.1, -0.05) is 0 Å². The van der Waals surface area contributed by atoms with Gasteiger partial charge in [0.1, 0.15) is 6.61 Å². The van der Waals surface area contributed by atoms with Gasteiger partial charge in [0.25, 0.3) is 6.43 Å². The Labute approximate surface area is 70.9 Å². The molecule has 0 amide bonds. The molecule has 0 aromatic rings. The zero-order chi connectivity index (χ0) is 10.5. The quantitative estimate of drug-likeness (QED) is 0.654. The first-order valence-electron chi connectivity index (χ1n) is 3.20. The number of halogens is 5. The van der Waals surface area contributed by atoms with Crippen LogP contribution in [0.4, 0.5) is 22.0 Å². The van der Waals surface area contributed by atoms with Gasteiger partial charge in [0.15, 0.2) is 5.92 Å². The molecular weight excluding hydrogens is 197 g/mol. The molecule has 0 N–H and O–H groups in total. The Kier molecular flexibility index (Phi) is 4.62. The van der Waals surface area contributed by atoms with E-state index < -0.39 is 31.7 Å². The van der Waals surface area contributed by atoms with Gasteiger partial charge < -0.3 is 4.74 Å². The zero-order valence-electron chi connectivity index (χ0n) is 6.31. The first-order valence-corrected chi connectivity index (χ1v) is 3.20. The smallest absolute Gasteiger partial charge is 0.374 e. The van der Waals surface area contributed by atoms with Crippen molar-refractivity contribution in [2.24, 2.45) is 5.92 Å². The molecule has 0 aromatic heterocycles. The molecule has 0 aromatic carbocycles. The Hall–Kier alpha value is -0.900. The van der Waals surface area contributed by atoms with Gasteiger partial charge in [0, 0.05) is 0 Å². The van der Waals surface area contributed by atoms with E-state index in [1.807, 2.05) is 0 Å². The first kappa shape index (κ1) is 12.1. The van der Waals surface area contributed by atoms with Crippen LogP contribution in [0.15, 0.2) is 0 Å². The first-order chi connectivity index (χ1) is 5.88. The highest BCUT2D eigenvalue weighted by Gasteiger charge is 2.40. The van der Waals surface area contributed by atoms with Crippen molar-refractivity contribution in [2.45, 2.75) is 12.6 Å². The van der Waals surface area contributed by atoms with E-state index in [4.69, 9.17) is 5.26 Å². The molecule has 0 rings (SSSR count). The summed E-state index contributed by atoms with van der Waals surface area (Å²) in [7, 11) is 0. The van der Waals surface area contributed by atoms with Gasteiger partial charge in [-0.05, 0) is 0 Å². The van der Waals surface area contributed by atoms with Gasteiger partial charge in [0.05, 0.1) is 12.7 Å². The van der Waals surface area contributed by atoms with Gasteiger partial charge in [-0.3, -0.25) is 0 Å². The van der Waals surface area contributed by atoms with Crippen LogP contribution in [0, 0.1) is 17.2 Å². The topological polar surface area (TPSA) is 33.0 Å². The number of alkyl halides is 5. The second-order valence-corrected chi connectivity index (χ2v) is 2.15. The highest BCUT2D eigenvalue weighted by atomic mass is 19.4. The van der Waals surface area contributed by atoms with Crippen LogP contribution in [0.2, 0.25) is 0 Å². The summed E-state index contributed by atoms with van der Waals surface area (Å²) in [6.07, 6.45) is -7.55. The minimum absolute atomic E-state index is 0.921. The van der Waals surface area contributed by atoms with Crippen LogP contribution in [-0.2, 0) is 4.74 Å². The SMILES string of the molecule is N#CC(COCC(F)F)C(F)(F)F. The van der Waals surface area contributed by atoms with E-state index in [1.165, 1.54) is 0 Å². The summed E-state index contributed by atoms with van der Waals surface area (Å²) in [6, 6.07) is 0.921. The number of rotatable bonds is 4. The molecule has 1 unspecified atom stereocenters. The van der Waals surface area contributed by atoms with Crippen molar-refractivity contribution in [1.29, 1.82) is 5.26 Å². The van der Waals surface area contributed by atoms with Crippen LogP contribution >= 0.6 is 0 Å². The van der Waals surface area contributed by atoms with Crippen molar-refractivity contribution in [1.82, 2.24) is 0 Å². The van der Waals surface area contributed by atoms with E-state index in [0.29, 0.717) is 0 Å². The Morgan fingerprint density at radius 3 is 2.08 bits per heavy atom. The molecule has 0 saturated heterocycles. The number of hydrogen-bond donors (Lipinski definition) is 0. The fraction of sp³-hybridized carbons (Fsp3) is 0.833. The lowest BCUT2D eigenvalue weighted by molar-refractivity contribution is -0.174. The Balaban J connectivity index is 3.83. The highest BCUT2D eigenvalue weighted by molar-refractivity contribution is 4.88. The lowest BCUT2D eigenvalue weighted by Crippen LogP contribution is -2.26. The predicted octanol–water partition coefficient (Wildman–Crippen LogP) is 1.97. The molecule has 0 heterocycles. The van der Waals surface area contributed by atoms with E-state index in [2.05, 4.69) is 4.74 Å². The monoisotopic (exact) mass is 203 g/mol. The summed E-state index contributed by atoms with van der Waals surface area (Å²) >= 11 is 0. The van der Waals surface area contributed by atoms with E-state index in [1.54, 1.807) is 0 Å². The normalized spacial score (nSPS) is 14.2. The Morgan fingerprint density at radius 1 is 1.23 bits per heavy atom. The van der Waals surface area contributed by atoms with E-state index in [9.17, 15) is 22.0 Å². The highest BCUT2D eigenvalue weighted by Crippen LogP contribution is 2.25. The fourth-order valence-corrected chi connectivity index (χ4v) is 0.480. The largest absolute Gasteiger partial charge is 0.406 e. The maximum absolute atomic E-state index is 11.8. The molecule has 0 radical (unpaired) electrons. The maximum Gasteiger partial charge on any atom is 0.406 e. The number of ether oxygens (including phenoxy) is 1. The fourth-order valence-electron chi connectivity index (χ4n) is 0.480. The molecule has 0 saturated carbocycles. The van der Waals surface area contributed by atoms with Crippen LogP contribution < -0.4 is 0 Å². The average molecular weight is 203 g/mol. The zero-order valence-corrected chi connectivity index (χ0v) is 6.31. The minimum atomic E-state index is -4.73. The molecule has 76 valence electrons. The van der Waals surface area contributed by atoms with Crippen LogP contribution in [0.3, 0.4) is 0 Å². The molecule has 7 heteroatoms. The third kappa shape index (κ3) is 5.36. The van der Waals surface area contributed by atoms with Gasteiger partial charge in [-0.25, -0.2) is 8.78 Å². The van der Waals surface area contributed by atoms with E-state index in [0.717, 1.165) is 6.07 Å². The molecule has 0 bridgehead atoms. The minimum Gasteiger partial charge on any atom is -0.374 e. The second kappa shape index (κ2) is 4.97. The third-order valence-electron chi connectivity index (χ3n) is 1.08. The molecule has 2 nitrogen and oxygen atoms in total. The molecular formula is C6H6F5NO. The molecule has 0 aliphatic rings. The number of nitriles is 1. The molecule has 1 atom stereocenters. The van der Waals surface area contributed by atoms with Crippen LogP contribution in [-0.4, -0.2) is 25.8 Å². The summed E-state index contributed by atoms with van der Waals surface area (Å²) < 4.78 is 62.0. The molecule has 0 spiro atoms. The number of hydrogen-bond acceptors (Lipinski definition) is 2. The lowest BCUT2D eigenvalue weighted by atomic mass is 10.2. The van der Waals surface area contributed by atoms with Gasteiger partial charge in [0.2, 0.25) is 0 Å². The lowest BCUT2D eigenvalue weighted by Gasteiger charge is -2.12. The second-order valence-electron chi connectivity index (χ2n) is 2.15. The Morgan fingerprint density at radius 2 is 1.77 bits per heavy atom. The van der Waals surface area contributed by atoms with Gasteiger partial charge in [-0.15, -0.1) is 0 Å². The van der Waals surface area contributed by atoms with Crippen molar-refractivity contribution in [3.63, 3.8) is 0 Å². The standard InChI is InChI=1S/C6H6F5NO/c7-5(8)3-13-2-4(1-12)6(9,10)11/h4-5H,2-3H2. The van der Waals surface area contributed by atoms with Gasteiger partial charge >= 0.3 is 6.18 Å². The maximum atomic E-state index is 11.8. The number of nitrogens with zero attached hydrogens (tertiary/aromatic N) is 1. The van der Waals surface area contributed by atoms with Crippen LogP contribution in [0.25, 0.3) is 0 Å². The van der Waals surface area contributed by atoms with Crippen molar-refractivity contribution in [3.8, 4) is 6.07 Å². The van der Waals surface area contributed by atoms with Crippen molar-refractivity contribution in [3.05, 3.63) is 0 Å². The van der Waals surface area contributed by atoms with Crippen molar-refractivity contribution >= 4 is 0 Å². The van der Waals surface area contributed by atoms with Crippen LogP contribution in [0.1, 0.15) is 0 Å². The summed E-state index contributed by atoms with van der Waals surface area (Å²) in [6.45, 7) is -2.14. The summed E-state index contributed by atoms with van der Waals surface area (Å²) in [5.74, 6) is -2.34. The molecule has 0 aliphatic carbocycles. The van der Waals surface area contributed by atoms with Crippen molar-refractivity contribution in [2.75, 3.05) is 13.2 Å².